The molecule has 17 heteroatoms. The van der Waals surface area contributed by atoms with E-state index in [4.69, 9.17) is 9.47 Å². The summed E-state index contributed by atoms with van der Waals surface area (Å²) in [5.74, 6) is -1.06. The molecule has 0 aromatic rings. The van der Waals surface area contributed by atoms with Gasteiger partial charge in [-0.2, -0.15) is 0 Å². The van der Waals surface area contributed by atoms with E-state index in [-0.39, 0.29) is 12.8 Å². The van der Waals surface area contributed by atoms with Crippen LogP contribution in [0.2, 0.25) is 0 Å². The van der Waals surface area contributed by atoms with E-state index in [0.717, 1.165) is 77.0 Å². The maximum atomic E-state index is 12.1. The molecule has 0 aliphatic rings. The zero-order valence-electron chi connectivity index (χ0n) is 36.7. The molecule has 0 saturated heterocycles. The summed E-state index contributed by atoms with van der Waals surface area (Å²) in [7, 11) is -9.59. The molecule has 0 fully saturated rings. The fraction of sp³-hybridized carbons (Fsp3) is 0.600. The van der Waals surface area contributed by atoms with E-state index in [1.54, 1.807) is 0 Å². The van der Waals surface area contributed by atoms with Gasteiger partial charge in [-0.15, -0.1) is 0 Å². The van der Waals surface area contributed by atoms with Crippen molar-refractivity contribution in [3.8, 4) is 0 Å². The molecule has 0 radical (unpaired) electrons. The normalized spacial score (nSPS) is 16.2. The highest BCUT2D eigenvalue weighted by Gasteiger charge is 2.28. The number of phosphoric acid groups is 2. The molecule has 5 N–H and O–H groups in total. The molecule has 0 aliphatic heterocycles. The van der Waals surface area contributed by atoms with Gasteiger partial charge in [0.25, 0.3) is 0 Å². The van der Waals surface area contributed by atoms with Crippen LogP contribution in [-0.2, 0) is 46.3 Å². The van der Waals surface area contributed by atoms with Crippen molar-refractivity contribution in [2.24, 2.45) is 0 Å². The largest absolute Gasteiger partial charge is 0.472 e. The van der Waals surface area contributed by atoms with Gasteiger partial charge in [0.15, 0.2) is 0 Å². The molecule has 0 aliphatic carbocycles. The first-order valence-electron chi connectivity index (χ1n) is 21.7. The van der Waals surface area contributed by atoms with Gasteiger partial charge < -0.3 is 34.6 Å². The van der Waals surface area contributed by atoms with Crippen molar-refractivity contribution >= 4 is 27.6 Å². The summed E-state index contributed by atoms with van der Waals surface area (Å²) in [6.45, 7) is 0.0310. The number of rotatable bonds is 40. The SMILES string of the molecule is CC/C=C/C=C/C=C\C=C/C=C/CCCCCC(=O)OCC(O)COP(=O)(O)OCC(O)COP(=O)(O)OCC(O)COC(=O)CCCCCCCCC/C=C/C=C/C=C/CC. The zero-order valence-corrected chi connectivity index (χ0v) is 38.5. The van der Waals surface area contributed by atoms with Crippen molar-refractivity contribution in [2.75, 3.05) is 39.6 Å². The van der Waals surface area contributed by atoms with Gasteiger partial charge in [0.05, 0.1) is 26.4 Å². The van der Waals surface area contributed by atoms with E-state index in [2.05, 4.69) is 56.2 Å². The third-order valence-electron chi connectivity index (χ3n) is 8.22. The molecule has 0 aromatic heterocycles. The Hall–Kier alpha value is -3.04. The summed E-state index contributed by atoms with van der Waals surface area (Å²) in [6, 6.07) is 0. The van der Waals surface area contributed by atoms with Crippen molar-refractivity contribution < 1.29 is 71.4 Å². The smallest absolute Gasteiger partial charge is 0.463 e. The van der Waals surface area contributed by atoms with Crippen LogP contribution in [0.1, 0.15) is 117 Å². The molecular formula is C45H74O15P2. The Labute approximate surface area is 369 Å². The first-order chi connectivity index (χ1) is 29.8. The fourth-order valence-corrected chi connectivity index (χ4v) is 6.47. The van der Waals surface area contributed by atoms with Gasteiger partial charge in [0, 0.05) is 12.8 Å². The minimum atomic E-state index is -4.80. The van der Waals surface area contributed by atoms with E-state index in [1.165, 1.54) is 0 Å². The van der Waals surface area contributed by atoms with E-state index >= 15 is 0 Å². The van der Waals surface area contributed by atoms with Crippen LogP contribution >= 0.6 is 15.6 Å². The number of aliphatic hydroxyl groups is 3. The summed E-state index contributed by atoms with van der Waals surface area (Å²) in [6.07, 6.45) is 41.2. The Morgan fingerprint density at radius 1 is 0.419 bits per heavy atom. The minimum absolute atomic E-state index is 0.142. The Bertz CT molecular complexity index is 1480. The van der Waals surface area contributed by atoms with Crippen molar-refractivity contribution in [3.05, 3.63) is 97.2 Å². The highest BCUT2D eigenvalue weighted by molar-refractivity contribution is 7.47. The Kier molecular flexibility index (Phi) is 38.7. The van der Waals surface area contributed by atoms with Crippen LogP contribution in [0.5, 0.6) is 0 Å². The van der Waals surface area contributed by atoms with Crippen LogP contribution in [0.4, 0.5) is 0 Å². The average Bonchev–Trinajstić information content (AvgIpc) is 3.24. The van der Waals surface area contributed by atoms with E-state index in [1.807, 2.05) is 72.9 Å². The Morgan fingerprint density at radius 2 is 0.694 bits per heavy atom. The number of aliphatic hydroxyl groups excluding tert-OH is 3. The summed E-state index contributed by atoms with van der Waals surface area (Å²) in [5, 5.41) is 29.9. The molecule has 0 aromatic carbocycles. The molecule has 0 bridgehead atoms. The van der Waals surface area contributed by atoms with Gasteiger partial charge in [0.2, 0.25) is 0 Å². The number of phosphoric ester groups is 2. The van der Waals surface area contributed by atoms with E-state index < -0.39 is 85.5 Å². The van der Waals surface area contributed by atoms with Crippen molar-refractivity contribution in [3.63, 3.8) is 0 Å². The third-order valence-corrected chi connectivity index (χ3v) is 10.1. The number of unbranched alkanes of at least 4 members (excludes halogenated alkanes) is 10. The van der Waals surface area contributed by atoms with Gasteiger partial charge in [-0.05, 0) is 51.4 Å². The zero-order chi connectivity index (χ0) is 46.0. The number of carbonyl (C=O) groups excluding carboxylic acids is 2. The van der Waals surface area contributed by atoms with E-state index in [9.17, 15) is 43.8 Å². The topological polar surface area (TPSA) is 225 Å². The summed E-state index contributed by atoms with van der Waals surface area (Å²) >= 11 is 0. The lowest BCUT2D eigenvalue weighted by Gasteiger charge is -2.19. The van der Waals surface area contributed by atoms with Gasteiger partial charge in [0.1, 0.15) is 31.5 Å². The standard InChI is InChI=1S/C45H74O15P2/c1-3-5-7-9-11-13-15-17-19-21-23-25-27-29-31-33-44(49)55-35-41(46)37-57-61(51,52)59-39-43(48)40-60-62(53,54)58-38-42(47)36-56-45(50)34-32-30-28-26-24-22-20-18-16-14-12-10-8-6-4-2/h5-17,19,21,23,41-43,46-48H,3-4,18,20,22,24-40H2,1-2H3,(H,51,52)(H,53,54)/b7-5+,8-6+,11-9+,12-10+,15-13-,16-14+,19-17-,23-21+. The number of esters is 2. The Balaban J connectivity index is 4.00. The highest BCUT2D eigenvalue weighted by Crippen LogP contribution is 2.45. The van der Waals surface area contributed by atoms with Gasteiger partial charge in [-0.25, -0.2) is 9.13 Å². The van der Waals surface area contributed by atoms with Crippen LogP contribution in [0.15, 0.2) is 97.2 Å². The Morgan fingerprint density at radius 3 is 1.05 bits per heavy atom. The van der Waals surface area contributed by atoms with Gasteiger partial charge in [-0.1, -0.05) is 150 Å². The lowest BCUT2D eigenvalue weighted by molar-refractivity contribution is -0.148. The van der Waals surface area contributed by atoms with Crippen LogP contribution in [0.3, 0.4) is 0 Å². The lowest BCUT2D eigenvalue weighted by Crippen LogP contribution is -2.25. The van der Waals surface area contributed by atoms with Crippen LogP contribution in [0.25, 0.3) is 0 Å². The van der Waals surface area contributed by atoms with Crippen molar-refractivity contribution in [2.45, 2.75) is 135 Å². The quantitative estimate of drug-likeness (QED) is 0.0167. The molecule has 5 unspecified atom stereocenters. The maximum Gasteiger partial charge on any atom is 0.472 e. The average molecular weight is 917 g/mol. The first-order valence-corrected chi connectivity index (χ1v) is 24.7. The second-order valence-electron chi connectivity index (χ2n) is 14.1. The third kappa shape index (κ3) is 42.3. The first kappa shape index (κ1) is 59.0. The number of hydrogen-bond donors (Lipinski definition) is 5. The van der Waals surface area contributed by atoms with Crippen LogP contribution in [-0.4, -0.2) is 95.0 Å². The predicted molar refractivity (Wildman–Crippen MR) is 242 cm³/mol. The van der Waals surface area contributed by atoms with Crippen molar-refractivity contribution in [1.29, 1.82) is 0 Å². The summed E-state index contributed by atoms with van der Waals surface area (Å²) < 4.78 is 52.8. The molecular weight excluding hydrogens is 842 g/mol. The number of hydrogen-bond acceptors (Lipinski definition) is 13. The number of allylic oxidation sites excluding steroid dienone is 16. The molecule has 0 amide bonds. The van der Waals surface area contributed by atoms with Gasteiger partial charge in [-0.3, -0.25) is 27.7 Å². The molecule has 62 heavy (non-hydrogen) atoms. The lowest BCUT2D eigenvalue weighted by atomic mass is 10.1. The monoisotopic (exact) mass is 916 g/mol. The minimum Gasteiger partial charge on any atom is -0.463 e. The highest BCUT2D eigenvalue weighted by atomic mass is 31.2. The van der Waals surface area contributed by atoms with Crippen LogP contribution < -0.4 is 0 Å². The molecule has 354 valence electrons. The molecule has 0 saturated carbocycles. The number of ether oxygens (including phenoxy) is 2. The molecule has 0 rings (SSSR count). The summed E-state index contributed by atoms with van der Waals surface area (Å²) in [4.78, 5) is 43.6. The van der Waals surface area contributed by atoms with Crippen LogP contribution in [0, 0.1) is 0 Å². The molecule has 0 spiro atoms. The summed E-state index contributed by atoms with van der Waals surface area (Å²) in [5.41, 5.74) is 0. The fourth-order valence-electron chi connectivity index (χ4n) is 4.88. The molecule has 5 atom stereocenters. The maximum absolute atomic E-state index is 12.1. The van der Waals surface area contributed by atoms with Gasteiger partial charge >= 0.3 is 27.6 Å². The number of carbonyl (C=O) groups is 2. The van der Waals surface area contributed by atoms with Crippen molar-refractivity contribution in [1.82, 2.24) is 0 Å². The van der Waals surface area contributed by atoms with E-state index in [0.29, 0.717) is 12.8 Å². The second kappa shape index (κ2) is 40.7. The predicted octanol–water partition coefficient (Wildman–Crippen LogP) is 9.15. The molecule has 0 heterocycles. The molecule has 15 nitrogen and oxygen atoms in total. The second-order valence-corrected chi connectivity index (χ2v) is 17.0.